The molecule has 25 heavy (non-hydrogen) atoms. The number of nitrogens with zero attached hydrogens (tertiary/aromatic N) is 3. The first-order chi connectivity index (χ1) is 12.3. The quantitative estimate of drug-likeness (QED) is 0.723. The highest BCUT2D eigenvalue weighted by Gasteiger charge is 2.29. The second-order valence-corrected chi connectivity index (χ2v) is 6.40. The molecule has 1 unspecified atom stereocenters. The number of hydrogen-bond donors (Lipinski definition) is 0. The van der Waals surface area contributed by atoms with Gasteiger partial charge in [-0.15, -0.1) is 0 Å². The Morgan fingerprint density at radius 1 is 1.12 bits per heavy atom. The minimum absolute atomic E-state index is 0.0326. The lowest BCUT2D eigenvalue weighted by atomic mass is 10.2. The molecule has 0 spiro atoms. The third kappa shape index (κ3) is 2.33. The number of imidazole rings is 1. The second kappa shape index (κ2) is 5.51. The number of ether oxygens (including phenoxy) is 2. The average molecular weight is 335 g/mol. The Hall–Kier alpha value is -3.02. The molecule has 2 aromatic carbocycles. The summed E-state index contributed by atoms with van der Waals surface area (Å²) in [5.41, 5.74) is 2.74. The van der Waals surface area contributed by atoms with Gasteiger partial charge in [-0.3, -0.25) is 4.79 Å². The van der Waals surface area contributed by atoms with Crippen molar-refractivity contribution < 1.29 is 14.3 Å². The van der Waals surface area contributed by atoms with Gasteiger partial charge in [-0.05, 0) is 36.8 Å². The summed E-state index contributed by atoms with van der Waals surface area (Å²) in [5, 5.41) is 0. The lowest BCUT2D eigenvalue weighted by molar-refractivity contribution is 0.0787. The van der Waals surface area contributed by atoms with Gasteiger partial charge in [0.2, 0.25) is 6.79 Å². The molecule has 2 aliphatic rings. The number of benzene rings is 2. The highest BCUT2D eigenvalue weighted by molar-refractivity contribution is 5.95. The summed E-state index contributed by atoms with van der Waals surface area (Å²) in [6, 6.07) is 13.7. The van der Waals surface area contributed by atoms with Gasteiger partial charge in [0.05, 0.1) is 23.4 Å². The molecule has 1 saturated heterocycles. The summed E-state index contributed by atoms with van der Waals surface area (Å²) in [6.07, 6.45) is 2.81. The zero-order valence-electron chi connectivity index (χ0n) is 13.6. The Bertz CT molecular complexity index is 965. The van der Waals surface area contributed by atoms with Crippen LogP contribution in [0.5, 0.6) is 11.5 Å². The van der Waals surface area contributed by atoms with Crippen molar-refractivity contribution >= 4 is 16.9 Å². The maximum Gasteiger partial charge on any atom is 0.254 e. The predicted molar refractivity (Wildman–Crippen MR) is 91.9 cm³/mol. The number of carbonyl (C=O) groups excluding carboxylic acids is 1. The minimum Gasteiger partial charge on any atom is -0.454 e. The molecule has 0 N–H and O–H groups in total. The molecule has 0 aliphatic carbocycles. The fraction of sp³-hybridized carbons (Fsp3) is 0.263. The number of carbonyl (C=O) groups is 1. The molecule has 1 aromatic heterocycles. The van der Waals surface area contributed by atoms with E-state index in [9.17, 15) is 4.79 Å². The number of fused-ring (bicyclic) bond motifs is 2. The van der Waals surface area contributed by atoms with E-state index in [0.717, 1.165) is 24.0 Å². The maximum atomic E-state index is 12.8. The summed E-state index contributed by atoms with van der Waals surface area (Å²) in [4.78, 5) is 19.2. The molecule has 3 heterocycles. The molecule has 0 saturated carbocycles. The number of rotatable bonds is 2. The molecule has 6 heteroatoms. The van der Waals surface area contributed by atoms with Gasteiger partial charge >= 0.3 is 0 Å². The molecule has 1 amide bonds. The van der Waals surface area contributed by atoms with Crippen LogP contribution in [-0.2, 0) is 0 Å². The standard InChI is InChI=1S/C19H17N3O3/c23-19(13-5-6-17-18(9-13)25-12-24-17)21-8-7-14(10-21)22-11-20-15-3-1-2-4-16(15)22/h1-6,9,11,14H,7-8,10,12H2. The van der Waals surface area contributed by atoms with Gasteiger partial charge in [0.25, 0.3) is 5.91 Å². The van der Waals surface area contributed by atoms with E-state index in [4.69, 9.17) is 9.47 Å². The number of amides is 1. The van der Waals surface area contributed by atoms with Gasteiger partial charge in [0.15, 0.2) is 11.5 Å². The van der Waals surface area contributed by atoms with E-state index in [2.05, 4.69) is 15.6 Å². The molecule has 1 fully saturated rings. The first-order valence-corrected chi connectivity index (χ1v) is 8.40. The van der Waals surface area contributed by atoms with Crippen LogP contribution in [0.3, 0.4) is 0 Å². The Morgan fingerprint density at radius 2 is 2.00 bits per heavy atom. The summed E-state index contributed by atoms with van der Waals surface area (Å²) in [7, 11) is 0. The highest BCUT2D eigenvalue weighted by atomic mass is 16.7. The smallest absolute Gasteiger partial charge is 0.254 e. The van der Waals surface area contributed by atoms with Crippen molar-refractivity contribution in [1.82, 2.24) is 14.5 Å². The molecule has 1 atom stereocenters. The molecule has 2 aliphatic heterocycles. The molecule has 126 valence electrons. The van der Waals surface area contributed by atoms with Crippen LogP contribution < -0.4 is 9.47 Å². The summed E-state index contributed by atoms with van der Waals surface area (Å²) >= 11 is 0. The van der Waals surface area contributed by atoms with Gasteiger partial charge in [-0.2, -0.15) is 0 Å². The van der Waals surface area contributed by atoms with Crippen LogP contribution in [0.25, 0.3) is 11.0 Å². The first-order valence-electron chi connectivity index (χ1n) is 8.40. The lowest BCUT2D eigenvalue weighted by Crippen LogP contribution is -2.29. The molecule has 3 aromatic rings. The van der Waals surface area contributed by atoms with E-state index in [1.165, 1.54) is 0 Å². The summed E-state index contributed by atoms with van der Waals surface area (Å²) in [5.74, 6) is 1.37. The van der Waals surface area contributed by atoms with Crippen molar-refractivity contribution in [1.29, 1.82) is 0 Å². The Morgan fingerprint density at radius 3 is 2.96 bits per heavy atom. The van der Waals surface area contributed by atoms with E-state index < -0.39 is 0 Å². The monoisotopic (exact) mass is 335 g/mol. The van der Waals surface area contributed by atoms with Crippen LogP contribution in [0.4, 0.5) is 0 Å². The van der Waals surface area contributed by atoms with Crippen LogP contribution in [0.2, 0.25) is 0 Å². The van der Waals surface area contributed by atoms with Crippen molar-refractivity contribution in [2.45, 2.75) is 12.5 Å². The fourth-order valence-corrected chi connectivity index (χ4v) is 3.63. The SMILES string of the molecule is O=C(c1ccc2c(c1)OCO2)N1CCC(n2cnc3ccccc32)C1. The molecule has 6 nitrogen and oxygen atoms in total. The van der Waals surface area contributed by atoms with Crippen molar-refractivity contribution in [3.63, 3.8) is 0 Å². The largest absolute Gasteiger partial charge is 0.454 e. The molecular formula is C19H17N3O3. The van der Waals surface area contributed by atoms with E-state index in [1.807, 2.05) is 29.4 Å². The van der Waals surface area contributed by atoms with Crippen LogP contribution in [-0.4, -0.2) is 40.2 Å². The highest BCUT2D eigenvalue weighted by Crippen LogP contribution is 2.33. The van der Waals surface area contributed by atoms with Gasteiger partial charge in [0, 0.05) is 18.7 Å². The van der Waals surface area contributed by atoms with Crippen molar-refractivity contribution in [2.75, 3.05) is 19.9 Å². The Labute approximate surface area is 144 Å². The lowest BCUT2D eigenvalue weighted by Gasteiger charge is -2.17. The van der Waals surface area contributed by atoms with Crippen molar-refractivity contribution in [2.24, 2.45) is 0 Å². The average Bonchev–Trinajstić information content (AvgIpc) is 3.38. The number of aromatic nitrogens is 2. The normalized spacial score (nSPS) is 18.9. The van der Waals surface area contributed by atoms with E-state index in [0.29, 0.717) is 23.6 Å². The molecule has 0 radical (unpaired) electrons. The first kappa shape index (κ1) is 14.3. The van der Waals surface area contributed by atoms with E-state index >= 15 is 0 Å². The number of para-hydroxylation sites is 2. The third-order valence-corrected chi connectivity index (χ3v) is 4.94. The third-order valence-electron chi connectivity index (χ3n) is 4.94. The number of likely N-dealkylation sites (tertiary alicyclic amines) is 1. The van der Waals surface area contributed by atoms with Crippen LogP contribution in [0.1, 0.15) is 22.8 Å². The minimum atomic E-state index is 0.0326. The Kier molecular flexibility index (Phi) is 3.16. The van der Waals surface area contributed by atoms with Crippen molar-refractivity contribution in [3.8, 4) is 11.5 Å². The number of hydrogen-bond acceptors (Lipinski definition) is 4. The Balaban J connectivity index is 1.37. The van der Waals surface area contributed by atoms with Gasteiger partial charge in [-0.1, -0.05) is 12.1 Å². The van der Waals surface area contributed by atoms with E-state index in [1.54, 1.807) is 18.2 Å². The van der Waals surface area contributed by atoms with Gasteiger partial charge in [-0.25, -0.2) is 4.98 Å². The second-order valence-electron chi connectivity index (χ2n) is 6.40. The van der Waals surface area contributed by atoms with Gasteiger partial charge in [0.1, 0.15) is 0 Å². The maximum absolute atomic E-state index is 12.8. The topological polar surface area (TPSA) is 56.6 Å². The fourth-order valence-electron chi connectivity index (χ4n) is 3.63. The zero-order chi connectivity index (χ0) is 16.8. The molecule has 5 rings (SSSR count). The summed E-state index contributed by atoms with van der Waals surface area (Å²) < 4.78 is 12.9. The molecular weight excluding hydrogens is 318 g/mol. The van der Waals surface area contributed by atoms with Crippen LogP contribution >= 0.6 is 0 Å². The van der Waals surface area contributed by atoms with Crippen LogP contribution in [0, 0.1) is 0 Å². The van der Waals surface area contributed by atoms with Gasteiger partial charge < -0.3 is 18.9 Å². The molecule has 0 bridgehead atoms. The summed E-state index contributed by atoms with van der Waals surface area (Å²) in [6.45, 7) is 1.64. The predicted octanol–water partition coefficient (Wildman–Crippen LogP) is 2.85. The van der Waals surface area contributed by atoms with E-state index in [-0.39, 0.29) is 18.7 Å². The van der Waals surface area contributed by atoms with Crippen molar-refractivity contribution in [3.05, 3.63) is 54.4 Å². The zero-order valence-corrected chi connectivity index (χ0v) is 13.6. The van der Waals surface area contributed by atoms with Crippen LogP contribution in [0.15, 0.2) is 48.8 Å².